The molecule has 1 N–H and O–H groups in total. The predicted octanol–water partition coefficient (Wildman–Crippen LogP) is 1.78. The maximum absolute atomic E-state index is 12.2. The lowest BCUT2D eigenvalue weighted by Gasteiger charge is -2.30. The van der Waals surface area contributed by atoms with E-state index in [-0.39, 0.29) is 19.1 Å². The fourth-order valence-electron chi connectivity index (χ4n) is 2.10. The van der Waals surface area contributed by atoms with E-state index in [2.05, 4.69) is 15.9 Å². The maximum Gasteiger partial charge on any atom is 0.334 e. The fourth-order valence-corrected chi connectivity index (χ4v) is 2.48. The van der Waals surface area contributed by atoms with E-state index in [1.165, 1.54) is 11.0 Å². The summed E-state index contributed by atoms with van der Waals surface area (Å²) < 4.78 is 11.2. The number of halogens is 1. The zero-order valence-electron chi connectivity index (χ0n) is 12.0. The van der Waals surface area contributed by atoms with Crippen LogP contribution in [-0.4, -0.2) is 54.8 Å². The lowest BCUT2D eigenvalue weighted by atomic mass is 10.2. The Morgan fingerprint density at radius 3 is 2.95 bits per heavy atom. The number of rotatable bonds is 4. The van der Waals surface area contributed by atoms with Gasteiger partial charge in [-0.1, -0.05) is 15.9 Å². The molecular weight excluding hydrogens is 354 g/mol. The number of ether oxygens (including phenoxy) is 2. The van der Waals surface area contributed by atoms with Crippen molar-refractivity contribution < 1.29 is 24.2 Å². The fraction of sp³-hybridized carbons (Fsp3) is 0.333. The van der Waals surface area contributed by atoms with Gasteiger partial charge in [0.1, 0.15) is 5.75 Å². The maximum atomic E-state index is 12.2. The molecule has 1 aromatic carbocycles. The Hall–Kier alpha value is -1.86. The average Bonchev–Trinajstić information content (AvgIpc) is 2.52. The van der Waals surface area contributed by atoms with Gasteiger partial charge in [0.15, 0.2) is 6.10 Å². The summed E-state index contributed by atoms with van der Waals surface area (Å²) in [7, 11) is 1.56. The van der Waals surface area contributed by atoms with E-state index >= 15 is 0 Å². The molecule has 118 valence electrons. The molecule has 1 aromatic rings. The van der Waals surface area contributed by atoms with Crippen LogP contribution < -0.4 is 4.74 Å². The monoisotopic (exact) mass is 369 g/mol. The first-order valence-electron chi connectivity index (χ1n) is 6.66. The Labute approximate surface area is 136 Å². The Kier molecular flexibility index (Phi) is 5.57. The van der Waals surface area contributed by atoms with Gasteiger partial charge in [-0.3, -0.25) is 4.79 Å². The second-order valence-electron chi connectivity index (χ2n) is 4.70. The van der Waals surface area contributed by atoms with Crippen LogP contribution in [0.3, 0.4) is 0 Å². The van der Waals surface area contributed by atoms with Crippen LogP contribution in [0, 0.1) is 0 Å². The van der Waals surface area contributed by atoms with Gasteiger partial charge >= 0.3 is 5.97 Å². The van der Waals surface area contributed by atoms with Gasteiger partial charge in [-0.2, -0.15) is 0 Å². The third-order valence-corrected chi connectivity index (χ3v) is 3.74. The summed E-state index contributed by atoms with van der Waals surface area (Å²) in [6.45, 7) is 0.646. The van der Waals surface area contributed by atoms with Crippen LogP contribution in [0.2, 0.25) is 0 Å². The van der Waals surface area contributed by atoms with Crippen LogP contribution in [0.25, 0.3) is 6.08 Å². The van der Waals surface area contributed by atoms with E-state index < -0.39 is 12.1 Å². The molecule has 0 spiro atoms. The first-order valence-corrected chi connectivity index (χ1v) is 7.45. The van der Waals surface area contributed by atoms with Gasteiger partial charge in [-0.05, 0) is 24.3 Å². The summed E-state index contributed by atoms with van der Waals surface area (Å²) in [6.07, 6.45) is 2.09. The molecule has 0 aliphatic carbocycles. The average molecular weight is 370 g/mol. The van der Waals surface area contributed by atoms with Crippen LogP contribution >= 0.6 is 15.9 Å². The van der Waals surface area contributed by atoms with Crippen LogP contribution in [-0.2, 0) is 14.3 Å². The van der Waals surface area contributed by atoms with Crippen LogP contribution in [0.15, 0.2) is 28.7 Å². The van der Waals surface area contributed by atoms with E-state index in [9.17, 15) is 9.59 Å². The van der Waals surface area contributed by atoms with E-state index in [1.54, 1.807) is 19.3 Å². The molecular formula is C15H16BrNO5. The van der Waals surface area contributed by atoms with Crippen molar-refractivity contribution >= 4 is 33.9 Å². The van der Waals surface area contributed by atoms with Crippen molar-refractivity contribution in [1.29, 1.82) is 0 Å². The normalized spacial score (nSPS) is 18.5. The first kappa shape index (κ1) is 16.5. The highest BCUT2D eigenvalue weighted by molar-refractivity contribution is 9.10. The topological polar surface area (TPSA) is 76.1 Å². The third kappa shape index (κ3) is 4.08. The number of methoxy groups -OCH3 is 1. The Morgan fingerprint density at radius 2 is 2.27 bits per heavy atom. The van der Waals surface area contributed by atoms with Crippen LogP contribution in [0.4, 0.5) is 0 Å². The predicted molar refractivity (Wildman–Crippen MR) is 83.7 cm³/mol. The Bertz CT molecular complexity index is 602. The zero-order valence-corrected chi connectivity index (χ0v) is 13.6. The number of amides is 1. The van der Waals surface area contributed by atoms with E-state index in [1.807, 2.05) is 12.1 Å². The zero-order chi connectivity index (χ0) is 16.1. The molecule has 22 heavy (non-hydrogen) atoms. The highest BCUT2D eigenvalue weighted by Crippen LogP contribution is 2.24. The minimum Gasteiger partial charge on any atom is -0.496 e. The number of benzene rings is 1. The molecule has 1 amide bonds. The van der Waals surface area contributed by atoms with Gasteiger partial charge in [0.05, 0.1) is 20.3 Å². The summed E-state index contributed by atoms with van der Waals surface area (Å²) in [5.41, 5.74) is 0.758. The largest absolute Gasteiger partial charge is 0.496 e. The number of carboxylic acids is 1. The molecule has 6 nitrogen and oxygen atoms in total. The number of hydrogen-bond acceptors (Lipinski definition) is 4. The van der Waals surface area contributed by atoms with E-state index in [4.69, 9.17) is 14.6 Å². The Morgan fingerprint density at radius 1 is 1.50 bits per heavy atom. The van der Waals surface area contributed by atoms with E-state index in [0.29, 0.717) is 12.3 Å². The van der Waals surface area contributed by atoms with Crippen molar-refractivity contribution in [2.24, 2.45) is 0 Å². The minimum absolute atomic E-state index is 0.0497. The van der Waals surface area contributed by atoms with Crippen molar-refractivity contribution in [3.05, 3.63) is 34.3 Å². The van der Waals surface area contributed by atoms with Crippen LogP contribution in [0.1, 0.15) is 5.56 Å². The molecule has 1 saturated heterocycles. The summed E-state index contributed by atoms with van der Waals surface area (Å²) in [5, 5.41) is 8.94. The van der Waals surface area contributed by atoms with Gasteiger partial charge in [0.2, 0.25) is 5.91 Å². The molecule has 1 atom stereocenters. The van der Waals surface area contributed by atoms with Crippen molar-refractivity contribution in [2.45, 2.75) is 6.10 Å². The molecule has 0 aromatic heterocycles. The number of hydrogen-bond donors (Lipinski definition) is 1. The molecule has 1 unspecified atom stereocenters. The number of aliphatic carboxylic acids is 1. The summed E-state index contributed by atoms with van der Waals surface area (Å²) >= 11 is 3.37. The van der Waals surface area contributed by atoms with Gasteiger partial charge in [-0.25, -0.2) is 4.79 Å². The smallest absolute Gasteiger partial charge is 0.334 e. The summed E-state index contributed by atoms with van der Waals surface area (Å²) in [4.78, 5) is 24.5. The minimum atomic E-state index is -1.06. The molecule has 1 heterocycles. The number of carboxylic acid groups (broad SMARTS) is 1. The van der Waals surface area contributed by atoms with Gasteiger partial charge < -0.3 is 19.5 Å². The third-order valence-electron chi connectivity index (χ3n) is 3.25. The van der Waals surface area contributed by atoms with Crippen molar-refractivity contribution in [2.75, 3.05) is 26.8 Å². The summed E-state index contributed by atoms with van der Waals surface area (Å²) in [5.74, 6) is -0.663. The van der Waals surface area contributed by atoms with Gasteiger partial charge in [0.25, 0.3) is 0 Å². The summed E-state index contributed by atoms with van der Waals surface area (Å²) in [6, 6.07) is 5.48. The second kappa shape index (κ2) is 7.42. The molecule has 7 heteroatoms. The number of carbonyl (C=O) groups excluding carboxylic acids is 1. The van der Waals surface area contributed by atoms with Crippen LogP contribution in [0.5, 0.6) is 5.75 Å². The highest BCUT2D eigenvalue weighted by atomic mass is 79.9. The van der Waals surface area contributed by atoms with Crippen molar-refractivity contribution in [1.82, 2.24) is 4.90 Å². The van der Waals surface area contributed by atoms with Crippen molar-refractivity contribution in [3.63, 3.8) is 0 Å². The molecule has 1 aliphatic rings. The first-order chi connectivity index (χ1) is 10.5. The quantitative estimate of drug-likeness (QED) is 0.818. The molecule has 0 saturated carbocycles. The van der Waals surface area contributed by atoms with Gasteiger partial charge in [-0.15, -0.1) is 0 Å². The number of morpholine rings is 1. The van der Waals surface area contributed by atoms with Crippen molar-refractivity contribution in [3.8, 4) is 5.75 Å². The molecule has 2 rings (SSSR count). The van der Waals surface area contributed by atoms with E-state index in [0.717, 1.165) is 10.0 Å². The lowest BCUT2D eigenvalue weighted by molar-refractivity contribution is -0.158. The number of carbonyl (C=O) groups is 2. The molecule has 1 aliphatic heterocycles. The molecule has 0 radical (unpaired) electrons. The Balaban J connectivity index is 2.08. The SMILES string of the molecule is COc1ccc(Br)cc1C=CC(=O)N1CCOC(C(=O)O)C1. The van der Waals surface area contributed by atoms with Gasteiger partial charge in [0, 0.05) is 22.7 Å². The number of nitrogens with zero attached hydrogens (tertiary/aromatic N) is 1. The second-order valence-corrected chi connectivity index (χ2v) is 5.62. The standard InChI is InChI=1S/C15H16BrNO5/c1-21-12-4-3-11(16)8-10(12)2-5-14(18)17-6-7-22-13(9-17)15(19)20/h2-5,8,13H,6-7,9H2,1H3,(H,19,20). The molecule has 0 bridgehead atoms. The molecule has 1 fully saturated rings. The lowest BCUT2D eigenvalue weighted by Crippen LogP contribution is -2.48. The highest BCUT2D eigenvalue weighted by Gasteiger charge is 2.27.